The minimum absolute atomic E-state index is 0.259. The lowest BCUT2D eigenvalue weighted by Crippen LogP contribution is -2.42. The van der Waals surface area contributed by atoms with Gasteiger partial charge in [0, 0.05) is 22.6 Å². The Morgan fingerprint density at radius 2 is 1.80 bits per heavy atom. The van der Waals surface area contributed by atoms with Crippen molar-refractivity contribution in [3.8, 4) is 0 Å². The van der Waals surface area contributed by atoms with Crippen molar-refractivity contribution in [2.75, 3.05) is 13.1 Å². The van der Waals surface area contributed by atoms with Gasteiger partial charge in [-0.2, -0.15) is 4.31 Å². The Bertz CT molecular complexity index is 608. The topological polar surface area (TPSA) is 37.4 Å². The van der Waals surface area contributed by atoms with Crippen molar-refractivity contribution in [1.82, 2.24) is 4.31 Å². The second kappa shape index (κ2) is 5.95. The molecule has 1 aliphatic rings. The molecule has 0 aromatic heterocycles. The minimum Gasteiger partial charge on any atom is -0.207 e. The van der Waals surface area contributed by atoms with E-state index in [2.05, 4.69) is 29.8 Å². The SMILES string of the molecule is Cc1cc(Br)c(S(=O)(=O)N2C[C@H](C)C[C@H](C)C2)cc1Cl. The molecule has 1 aliphatic heterocycles. The number of piperidine rings is 1. The Labute approximate surface area is 134 Å². The smallest absolute Gasteiger partial charge is 0.207 e. The van der Waals surface area contributed by atoms with Crippen LogP contribution >= 0.6 is 27.5 Å². The summed E-state index contributed by atoms with van der Waals surface area (Å²) in [5.74, 6) is 0.765. The van der Waals surface area contributed by atoms with E-state index in [1.54, 1.807) is 16.4 Å². The highest BCUT2D eigenvalue weighted by molar-refractivity contribution is 9.10. The summed E-state index contributed by atoms with van der Waals surface area (Å²) >= 11 is 9.43. The third kappa shape index (κ3) is 3.21. The Kier molecular flexibility index (Phi) is 4.84. The molecule has 0 amide bonds. The first-order valence-corrected chi connectivity index (χ1v) is 9.28. The van der Waals surface area contributed by atoms with Gasteiger partial charge in [-0.3, -0.25) is 0 Å². The van der Waals surface area contributed by atoms with E-state index >= 15 is 0 Å². The van der Waals surface area contributed by atoms with Gasteiger partial charge in [0.05, 0.1) is 4.90 Å². The van der Waals surface area contributed by atoms with E-state index in [4.69, 9.17) is 11.6 Å². The Balaban J connectivity index is 2.42. The fourth-order valence-corrected chi connectivity index (χ4v) is 5.82. The molecule has 112 valence electrons. The van der Waals surface area contributed by atoms with Crippen LogP contribution in [0.5, 0.6) is 0 Å². The molecular weight excluding hydrogens is 362 g/mol. The number of nitrogens with zero attached hydrogens (tertiary/aromatic N) is 1. The van der Waals surface area contributed by atoms with Crippen LogP contribution in [0.4, 0.5) is 0 Å². The van der Waals surface area contributed by atoms with E-state index in [0.29, 0.717) is 34.4 Å². The number of aryl methyl sites for hydroxylation is 1. The second-order valence-electron chi connectivity index (χ2n) is 5.80. The van der Waals surface area contributed by atoms with Crippen molar-refractivity contribution < 1.29 is 8.42 Å². The average Bonchev–Trinajstić information content (AvgIpc) is 2.32. The number of sulfonamides is 1. The van der Waals surface area contributed by atoms with Gasteiger partial charge in [-0.25, -0.2) is 8.42 Å². The summed E-state index contributed by atoms with van der Waals surface area (Å²) in [5.41, 5.74) is 0.859. The summed E-state index contributed by atoms with van der Waals surface area (Å²) in [5, 5.41) is 0.477. The number of benzene rings is 1. The molecule has 0 aliphatic carbocycles. The molecule has 0 N–H and O–H groups in total. The van der Waals surface area contributed by atoms with Gasteiger partial charge < -0.3 is 0 Å². The molecule has 1 fully saturated rings. The van der Waals surface area contributed by atoms with Gasteiger partial charge in [-0.15, -0.1) is 0 Å². The lowest BCUT2D eigenvalue weighted by Gasteiger charge is -2.34. The number of halogens is 2. The van der Waals surface area contributed by atoms with E-state index < -0.39 is 10.0 Å². The van der Waals surface area contributed by atoms with Gasteiger partial charge in [0.2, 0.25) is 10.0 Å². The quantitative estimate of drug-likeness (QED) is 0.775. The molecule has 2 atom stereocenters. The molecule has 3 nitrogen and oxygen atoms in total. The minimum atomic E-state index is -3.50. The van der Waals surface area contributed by atoms with Crippen molar-refractivity contribution in [2.45, 2.75) is 32.1 Å². The predicted octanol–water partition coefficient (Wildman–Crippen LogP) is 4.08. The van der Waals surface area contributed by atoms with Gasteiger partial charge >= 0.3 is 0 Å². The monoisotopic (exact) mass is 379 g/mol. The maximum Gasteiger partial charge on any atom is 0.244 e. The largest absolute Gasteiger partial charge is 0.244 e. The summed E-state index contributed by atoms with van der Waals surface area (Å²) in [6.07, 6.45) is 1.07. The summed E-state index contributed by atoms with van der Waals surface area (Å²) < 4.78 is 27.8. The van der Waals surface area contributed by atoms with Crippen molar-refractivity contribution >= 4 is 37.6 Å². The molecule has 6 heteroatoms. The van der Waals surface area contributed by atoms with Crippen LogP contribution in [0, 0.1) is 18.8 Å². The number of rotatable bonds is 2. The summed E-state index contributed by atoms with van der Waals surface area (Å²) in [6.45, 7) is 7.19. The van der Waals surface area contributed by atoms with Crippen LogP contribution in [0.1, 0.15) is 25.8 Å². The lowest BCUT2D eigenvalue weighted by molar-refractivity contribution is 0.222. The van der Waals surface area contributed by atoms with Crippen LogP contribution in [0.3, 0.4) is 0 Å². The molecule has 0 radical (unpaired) electrons. The molecule has 0 saturated carbocycles. The molecule has 1 aromatic carbocycles. The highest BCUT2D eigenvalue weighted by atomic mass is 79.9. The lowest BCUT2D eigenvalue weighted by atomic mass is 9.94. The summed E-state index contributed by atoms with van der Waals surface area (Å²) in [6, 6.07) is 3.30. The fraction of sp³-hybridized carbons (Fsp3) is 0.571. The van der Waals surface area contributed by atoms with Crippen LogP contribution in [-0.4, -0.2) is 25.8 Å². The average molecular weight is 381 g/mol. The third-order valence-corrected chi connectivity index (χ3v) is 6.86. The van der Waals surface area contributed by atoms with Crippen LogP contribution < -0.4 is 0 Å². The van der Waals surface area contributed by atoms with Crippen LogP contribution in [0.15, 0.2) is 21.5 Å². The number of hydrogen-bond donors (Lipinski definition) is 0. The van der Waals surface area contributed by atoms with Gasteiger partial charge in [-0.05, 0) is 58.8 Å². The summed E-state index contributed by atoms with van der Waals surface area (Å²) in [4.78, 5) is 0.259. The molecule has 20 heavy (non-hydrogen) atoms. The number of hydrogen-bond acceptors (Lipinski definition) is 2. The van der Waals surface area contributed by atoms with Crippen LogP contribution in [-0.2, 0) is 10.0 Å². The maximum absolute atomic E-state index is 12.8. The van der Waals surface area contributed by atoms with Crippen LogP contribution in [0.25, 0.3) is 0 Å². The van der Waals surface area contributed by atoms with Gasteiger partial charge in [-0.1, -0.05) is 25.4 Å². The highest BCUT2D eigenvalue weighted by Gasteiger charge is 2.33. The predicted molar refractivity (Wildman–Crippen MR) is 85.6 cm³/mol. The van der Waals surface area contributed by atoms with E-state index in [1.807, 2.05) is 6.92 Å². The van der Waals surface area contributed by atoms with Crippen molar-refractivity contribution in [3.63, 3.8) is 0 Å². The first-order valence-electron chi connectivity index (χ1n) is 6.67. The summed E-state index contributed by atoms with van der Waals surface area (Å²) in [7, 11) is -3.50. The van der Waals surface area contributed by atoms with Crippen molar-refractivity contribution in [1.29, 1.82) is 0 Å². The van der Waals surface area contributed by atoms with E-state index in [9.17, 15) is 8.42 Å². The Morgan fingerprint density at radius 3 is 2.35 bits per heavy atom. The van der Waals surface area contributed by atoms with E-state index in [-0.39, 0.29) is 4.90 Å². The molecular formula is C14H19BrClNO2S. The van der Waals surface area contributed by atoms with E-state index in [0.717, 1.165) is 12.0 Å². The fourth-order valence-electron chi connectivity index (χ4n) is 2.77. The zero-order chi connectivity index (χ0) is 15.1. The standard InChI is InChI=1S/C14H19BrClNO2S/c1-9-4-10(2)8-17(7-9)20(18,19)14-6-13(16)11(3)5-12(14)15/h5-6,9-10H,4,7-8H2,1-3H3/t9-,10+. The van der Waals surface area contributed by atoms with E-state index in [1.165, 1.54) is 0 Å². The molecule has 0 bridgehead atoms. The zero-order valence-corrected chi connectivity index (χ0v) is 15.0. The Hall–Kier alpha value is -0.100. The van der Waals surface area contributed by atoms with Crippen molar-refractivity contribution in [2.24, 2.45) is 11.8 Å². The van der Waals surface area contributed by atoms with Crippen LogP contribution in [0.2, 0.25) is 5.02 Å². The molecule has 0 spiro atoms. The first-order chi connectivity index (χ1) is 9.21. The van der Waals surface area contributed by atoms with Gasteiger partial charge in [0.1, 0.15) is 0 Å². The molecule has 0 unspecified atom stereocenters. The molecule has 1 aromatic rings. The molecule has 2 rings (SSSR count). The normalized spacial score (nSPS) is 24.9. The molecule has 1 saturated heterocycles. The van der Waals surface area contributed by atoms with Crippen molar-refractivity contribution in [3.05, 3.63) is 27.2 Å². The highest BCUT2D eigenvalue weighted by Crippen LogP contribution is 2.33. The first kappa shape index (κ1) is 16.3. The van der Waals surface area contributed by atoms with Gasteiger partial charge in [0.25, 0.3) is 0 Å². The zero-order valence-electron chi connectivity index (χ0n) is 11.9. The third-order valence-electron chi connectivity index (χ3n) is 3.67. The maximum atomic E-state index is 12.8. The second-order valence-corrected chi connectivity index (χ2v) is 8.97. The Morgan fingerprint density at radius 1 is 1.25 bits per heavy atom. The molecule has 1 heterocycles. The van der Waals surface area contributed by atoms with Gasteiger partial charge in [0.15, 0.2) is 0 Å².